The molecule has 0 radical (unpaired) electrons. The van der Waals surface area contributed by atoms with Crippen molar-refractivity contribution in [1.29, 1.82) is 0 Å². The third-order valence-electron chi connectivity index (χ3n) is 4.65. The Labute approximate surface area is 141 Å². The van der Waals surface area contributed by atoms with Gasteiger partial charge in [-0.2, -0.15) is 0 Å². The maximum atomic E-state index is 12.6. The molecule has 0 aliphatic heterocycles. The van der Waals surface area contributed by atoms with E-state index in [2.05, 4.69) is 15.6 Å². The van der Waals surface area contributed by atoms with E-state index < -0.39 is 0 Å². The fraction of sp³-hybridized carbons (Fsp3) is 0.500. The lowest BCUT2D eigenvalue weighted by Gasteiger charge is -2.10. The van der Waals surface area contributed by atoms with E-state index in [9.17, 15) is 9.59 Å². The zero-order valence-electron chi connectivity index (χ0n) is 14.2. The molecule has 2 amide bonds. The highest BCUT2D eigenvalue weighted by molar-refractivity contribution is 6.02. The van der Waals surface area contributed by atoms with Gasteiger partial charge in [0.15, 0.2) is 5.69 Å². The van der Waals surface area contributed by atoms with Crippen LogP contribution in [0.2, 0.25) is 0 Å². The van der Waals surface area contributed by atoms with E-state index in [1.165, 1.54) is 0 Å². The molecule has 2 aromatic rings. The van der Waals surface area contributed by atoms with E-state index in [1.54, 1.807) is 10.6 Å². The monoisotopic (exact) mass is 328 g/mol. The molecular weight excluding hydrogens is 304 g/mol. The maximum absolute atomic E-state index is 12.6. The number of pyridine rings is 1. The van der Waals surface area contributed by atoms with Gasteiger partial charge in [-0.05, 0) is 38.3 Å². The Hall–Kier alpha value is -2.37. The average molecular weight is 328 g/mol. The largest absolute Gasteiger partial charge is 0.348 e. The standard InChI is InChI=1S/C18H24N4O2/c1-3-12(2)19-18(24)16-21-15(14-10-6-7-11-22(14)16)17(23)20-13-8-4-5-9-13/h6-7,10-13H,3-5,8-9H2,1-2H3,(H,19,24)(H,20,23). The number of aromatic nitrogens is 2. The van der Waals surface area contributed by atoms with Crippen molar-refractivity contribution in [1.82, 2.24) is 20.0 Å². The Morgan fingerprint density at radius 1 is 1.29 bits per heavy atom. The second-order valence-electron chi connectivity index (χ2n) is 6.48. The van der Waals surface area contributed by atoms with Crippen molar-refractivity contribution in [2.75, 3.05) is 0 Å². The van der Waals surface area contributed by atoms with Crippen molar-refractivity contribution in [3.05, 3.63) is 35.9 Å². The molecule has 1 saturated carbocycles. The first kappa shape index (κ1) is 16.5. The maximum Gasteiger partial charge on any atom is 0.287 e. The van der Waals surface area contributed by atoms with Gasteiger partial charge in [0.05, 0.1) is 5.52 Å². The van der Waals surface area contributed by atoms with Crippen molar-refractivity contribution in [2.24, 2.45) is 0 Å². The van der Waals surface area contributed by atoms with E-state index in [4.69, 9.17) is 0 Å². The van der Waals surface area contributed by atoms with Crippen LogP contribution in [0, 0.1) is 0 Å². The summed E-state index contributed by atoms with van der Waals surface area (Å²) in [7, 11) is 0. The molecule has 6 nitrogen and oxygen atoms in total. The summed E-state index contributed by atoms with van der Waals surface area (Å²) in [6.45, 7) is 3.95. The highest BCUT2D eigenvalue weighted by atomic mass is 16.2. The molecule has 2 heterocycles. The minimum Gasteiger partial charge on any atom is -0.348 e. The molecule has 1 unspecified atom stereocenters. The molecule has 0 spiro atoms. The van der Waals surface area contributed by atoms with E-state index in [0.29, 0.717) is 11.2 Å². The van der Waals surface area contributed by atoms with Gasteiger partial charge >= 0.3 is 0 Å². The van der Waals surface area contributed by atoms with Gasteiger partial charge in [-0.15, -0.1) is 0 Å². The number of fused-ring (bicyclic) bond motifs is 1. The third-order valence-corrected chi connectivity index (χ3v) is 4.65. The number of nitrogens with zero attached hydrogens (tertiary/aromatic N) is 2. The lowest BCUT2D eigenvalue weighted by atomic mass is 10.2. The topological polar surface area (TPSA) is 75.5 Å². The summed E-state index contributed by atoms with van der Waals surface area (Å²) in [5, 5.41) is 5.95. The fourth-order valence-corrected chi connectivity index (χ4v) is 3.08. The van der Waals surface area contributed by atoms with Crippen LogP contribution in [-0.4, -0.2) is 33.3 Å². The molecule has 0 aromatic carbocycles. The highest BCUT2D eigenvalue weighted by Gasteiger charge is 2.24. The van der Waals surface area contributed by atoms with Gasteiger partial charge in [0.2, 0.25) is 5.82 Å². The van der Waals surface area contributed by atoms with Gasteiger partial charge in [-0.3, -0.25) is 14.0 Å². The molecule has 3 rings (SSSR count). The number of nitrogens with one attached hydrogen (secondary N) is 2. The molecule has 1 fully saturated rings. The van der Waals surface area contributed by atoms with Crippen LogP contribution in [0.15, 0.2) is 24.4 Å². The molecule has 1 atom stereocenters. The zero-order valence-corrected chi connectivity index (χ0v) is 14.2. The molecule has 128 valence electrons. The van der Waals surface area contributed by atoms with Gasteiger partial charge in [0, 0.05) is 18.3 Å². The Balaban J connectivity index is 1.91. The third kappa shape index (κ3) is 3.27. The Morgan fingerprint density at radius 2 is 2.04 bits per heavy atom. The summed E-state index contributed by atoms with van der Waals surface area (Å²) < 4.78 is 1.68. The van der Waals surface area contributed by atoms with E-state index >= 15 is 0 Å². The molecular formula is C18H24N4O2. The minimum atomic E-state index is -0.259. The number of amides is 2. The Bertz CT molecular complexity index is 747. The highest BCUT2D eigenvalue weighted by Crippen LogP contribution is 2.19. The molecule has 0 saturated heterocycles. The number of carbonyl (C=O) groups is 2. The normalized spacial score (nSPS) is 16.2. The SMILES string of the molecule is CCC(C)NC(=O)c1nc(C(=O)NC2CCCC2)c2ccccn12. The summed E-state index contributed by atoms with van der Waals surface area (Å²) in [5.74, 6) is -0.207. The van der Waals surface area contributed by atoms with Crippen LogP contribution in [0.3, 0.4) is 0 Å². The van der Waals surface area contributed by atoms with E-state index in [1.807, 2.05) is 32.0 Å². The second kappa shape index (κ2) is 7.03. The molecule has 24 heavy (non-hydrogen) atoms. The molecule has 2 aromatic heterocycles. The number of hydrogen-bond donors (Lipinski definition) is 2. The van der Waals surface area contributed by atoms with Crippen molar-refractivity contribution < 1.29 is 9.59 Å². The fourth-order valence-electron chi connectivity index (χ4n) is 3.08. The van der Waals surface area contributed by atoms with Crippen LogP contribution in [-0.2, 0) is 0 Å². The van der Waals surface area contributed by atoms with Crippen LogP contribution in [0.25, 0.3) is 5.52 Å². The number of carbonyl (C=O) groups excluding carboxylic acids is 2. The van der Waals surface area contributed by atoms with Gasteiger partial charge in [0.1, 0.15) is 0 Å². The molecule has 2 N–H and O–H groups in total. The summed E-state index contributed by atoms with van der Waals surface area (Å²) in [6.07, 6.45) is 6.93. The second-order valence-corrected chi connectivity index (χ2v) is 6.48. The number of hydrogen-bond acceptors (Lipinski definition) is 3. The Kier molecular flexibility index (Phi) is 4.83. The van der Waals surface area contributed by atoms with Gasteiger partial charge in [-0.25, -0.2) is 4.98 Å². The van der Waals surface area contributed by atoms with Crippen molar-refractivity contribution in [3.8, 4) is 0 Å². The summed E-state index contributed by atoms with van der Waals surface area (Å²) in [6, 6.07) is 5.77. The molecule has 6 heteroatoms. The smallest absolute Gasteiger partial charge is 0.287 e. The summed E-state index contributed by atoms with van der Waals surface area (Å²) in [4.78, 5) is 29.5. The quantitative estimate of drug-likeness (QED) is 0.885. The first-order chi connectivity index (χ1) is 11.6. The predicted octanol–water partition coefficient (Wildman–Crippen LogP) is 2.54. The predicted molar refractivity (Wildman–Crippen MR) is 92.1 cm³/mol. The summed E-state index contributed by atoms with van der Waals surface area (Å²) >= 11 is 0. The first-order valence-corrected chi connectivity index (χ1v) is 8.69. The lowest BCUT2D eigenvalue weighted by molar-refractivity contribution is 0.0928. The van der Waals surface area contributed by atoms with Crippen LogP contribution < -0.4 is 10.6 Å². The molecule has 1 aliphatic carbocycles. The average Bonchev–Trinajstić information content (AvgIpc) is 3.21. The van der Waals surface area contributed by atoms with Gasteiger partial charge in [0.25, 0.3) is 11.8 Å². The lowest BCUT2D eigenvalue weighted by Crippen LogP contribution is -2.34. The molecule has 0 bridgehead atoms. The molecule has 1 aliphatic rings. The van der Waals surface area contributed by atoms with Crippen LogP contribution in [0.1, 0.15) is 67.1 Å². The van der Waals surface area contributed by atoms with Crippen molar-refractivity contribution >= 4 is 17.3 Å². The van der Waals surface area contributed by atoms with Gasteiger partial charge in [-0.1, -0.05) is 25.8 Å². The summed E-state index contributed by atoms with van der Waals surface area (Å²) in [5.41, 5.74) is 0.971. The van der Waals surface area contributed by atoms with Crippen LogP contribution in [0.5, 0.6) is 0 Å². The van der Waals surface area contributed by atoms with Gasteiger partial charge < -0.3 is 10.6 Å². The zero-order chi connectivity index (χ0) is 17.1. The number of imidazole rings is 1. The number of rotatable bonds is 5. The van der Waals surface area contributed by atoms with E-state index in [0.717, 1.165) is 32.1 Å². The first-order valence-electron chi connectivity index (χ1n) is 8.69. The van der Waals surface area contributed by atoms with E-state index in [-0.39, 0.29) is 29.7 Å². The van der Waals surface area contributed by atoms with Crippen molar-refractivity contribution in [2.45, 2.75) is 58.0 Å². The van der Waals surface area contributed by atoms with Crippen molar-refractivity contribution in [3.63, 3.8) is 0 Å². The van der Waals surface area contributed by atoms with Crippen LogP contribution in [0.4, 0.5) is 0 Å². The van der Waals surface area contributed by atoms with Crippen LogP contribution >= 0.6 is 0 Å². The minimum absolute atomic E-state index is 0.0596. The Morgan fingerprint density at radius 3 is 2.75 bits per heavy atom.